The third-order valence-corrected chi connectivity index (χ3v) is 3.12. The van der Waals surface area contributed by atoms with Gasteiger partial charge in [-0.15, -0.1) is 24.0 Å². The summed E-state index contributed by atoms with van der Waals surface area (Å²) in [6.45, 7) is 7.19. The van der Waals surface area contributed by atoms with E-state index in [1.165, 1.54) is 0 Å². The number of halogens is 4. The van der Waals surface area contributed by atoms with Crippen molar-refractivity contribution in [3.05, 3.63) is 0 Å². The summed E-state index contributed by atoms with van der Waals surface area (Å²) in [5, 5.41) is 6.15. The number of aliphatic imine (C=N–C) groups is 1. The molecule has 9 heteroatoms. The summed E-state index contributed by atoms with van der Waals surface area (Å²) in [5.41, 5.74) is 0. The monoisotopic (exact) mass is 466 g/mol. The van der Waals surface area contributed by atoms with E-state index < -0.39 is 18.6 Å². The van der Waals surface area contributed by atoms with Crippen LogP contribution >= 0.6 is 24.0 Å². The number of amides is 1. The summed E-state index contributed by atoms with van der Waals surface area (Å²) in [7, 11) is 1.12. The highest BCUT2D eigenvalue weighted by atomic mass is 127. The van der Waals surface area contributed by atoms with Crippen LogP contribution in [0.4, 0.5) is 13.2 Å². The van der Waals surface area contributed by atoms with Gasteiger partial charge in [-0.2, -0.15) is 13.2 Å². The molecule has 0 aromatic heterocycles. The van der Waals surface area contributed by atoms with Gasteiger partial charge in [-0.3, -0.25) is 4.79 Å². The van der Waals surface area contributed by atoms with E-state index in [1.54, 1.807) is 0 Å². The molecule has 0 rings (SSSR count). The minimum atomic E-state index is -4.40. The van der Waals surface area contributed by atoms with Crippen molar-refractivity contribution >= 4 is 35.8 Å². The van der Waals surface area contributed by atoms with E-state index >= 15 is 0 Å². The number of guanidine groups is 1. The quantitative estimate of drug-likeness (QED) is 0.329. The van der Waals surface area contributed by atoms with E-state index in [1.807, 2.05) is 13.8 Å². The van der Waals surface area contributed by atoms with Gasteiger partial charge in [-0.1, -0.05) is 13.8 Å². The molecule has 0 spiro atoms. The van der Waals surface area contributed by atoms with Crippen molar-refractivity contribution in [3.63, 3.8) is 0 Å². The third-order valence-electron chi connectivity index (χ3n) is 3.12. The Labute approximate surface area is 159 Å². The molecule has 0 bridgehead atoms. The second-order valence-corrected chi connectivity index (χ2v) is 6.08. The van der Waals surface area contributed by atoms with E-state index in [-0.39, 0.29) is 36.6 Å². The topological polar surface area (TPSA) is 56.7 Å². The van der Waals surface area contributed by atoms with Crippen molar-refractivity contribution < 1.29 is 18.0 Å². The van der Waals surface area contributed by atoms with Crippen LogP contribution in [0, 0.1) is 5.92 Å². The Kier molecular flexibility index (Phi) is 13.4. The summed E-state index contributed by atoms with van der Waals surface area (Å²) in [5.74, 6) is 0.364. The molecule has 0 saturated carbocycles. The third kappa shape index (κ3) is 13.7. The predicted octanol–water partition coefficient (Wildman–Crippen LogP) is 3.00. The maximum Gasteiger partial charge on any atom is 0.406 e. The fourth-order valence-electron chi connectivity index (χ4n) is 1.83. The van der Waals surface area contributed by atoms with E-state index in [0.717, 1.165) is 19.9 Å². The van der Waals surface area contributed by atoms with Gasteiger partial charge < -0.3 is 15.5 Å². The van der Waals surface area contributed by atoms with Crippen LogP contribution in [-0.2, 0) is 4.79 Å². The predicted molar refractivity (Wildman–Crippen MR) is 102 cm³/mol. The maximum atomic E-state index is 12.3. The minimum Gasteiger partial charge on any atom is -0.357 e. The zero-order chi connectivity index (χ0) is 18.0. The van der Waals surface area contributed by atoms with Gasteiger partial charge in [-0.05, 0) is 32.6 Å². The number of carbonyl (C=O) groups is 1. The Bertz CT molecular complexity index is 389. The van der Waals surface area contributed by atoms with Crippen LogP contribution in [0.1, 0.15) is 40.5 Å². The molecule has 0 saturated heterocycles. The van der Waals surface area contributed by atoms with Crippen molar-refractivity contribution in [1.82, 2.24) is 15.5 Å². The van der Waals surface area contributed by atoms with Gasteiger partial charge in [0.05, 0.1) is 0 Å². The molecule has 0 aliphatic rings. The lowest BCUT2D eigenvalue weighted by molar-refractivity contribution is -0.157. The van der Waals surface area contributed by atoms with Crippen LogP contribution in [0.2, 0.25) is 0 Å². The first kappa shape index (κ1) is 25.5. The highest BCUT2D eigenvalue weighted by molar-refractivity contribution is 14.0. The number of alkyl halides is 3. The van der Waals surface area contributed by atoms with Crippen LogP contribution in [-0.4, -0.2) is 55.7 Å². The van der Waals surface area contributed by atoms with Crippen LogP contribution in [0.5, 0.6) is 0 Å². The number of nitrogens with zero attached hydrogens (tertiary/aromatic N) is 2. The Morgan fingerprint density at radius 1 is 1.21 bits per heavy atom. The van der Waals surface area contributed by atoms with Crippen molar-refractivity contribution in [1.29, 1.82) is 0 Å². The Balaban J connectivity index is 0. The lowest BCUT2D eigenvalue weighted by Gasteiger charge is -2.20. The molecule has 0 aliphatic heterocycles. The number of likely N-dealkylation sites (N-methyl/N-ethyl adjacent to an activating group) is 1. The first-order valence-electron chi connectivity index (χ1n) is 7.90. The molecule has 1 atom stereocenters. The summed E-state index contributed by atoms with van der Waals surface area (Å²) in [6.07, 6.45) is -2.40. The van der Waals surface area contributed by atoms with Crippen LogP contribution in [0.3, 0.4) is 0 Å². The minimum absolute atomic E-state index is 0. The van der Waals surface area contributed by atoms with Crippen LogP contribution < -0.4 is 10.6 Å². The van der Waals surface area contributed by atoms with Gasteiger partial charge in [-0.25, -0.2) is 4.99 Å². The maximum absolute atomic E-state index is 12.3. The number of hydrogen-bond donors (Lipinski definition) is 2. The zero-order valence-electron chi connectivity index (χ0n) is 15.0. The molecule has 144 valence electrons. The SMILES string of the molecule is CCNC(=NCC(=O)N(C)CC(F)(F)F)NC(C)CCC(C)C.I. The number of carbonyl (C=O) groups excluding carboxylic acids is 1. The lowest BCUT2D eigenvalue weighted by Crippen LogP contribution is -2.43. The number of rotatable bonds is 8. The van der Waals surface area contributed by atoms with Gasteiger partial charge >= 0.3 is 6.18 Å². The molecule has 0 heterocycles. The second-order valence-electron chi connectivity index (χ2n) is 6.08. The highest BCUT2D eigenvalue weighted by Gasteiger charge is 2.31. The molecule has 2 N–H and O–H groups in total. The van der Waals surface area contributed by atoms with Gasteiger partial charge in [0.2, 0.25) is 5.91 Å². The van der Waals surface area contributed by atoms with E-state index in [9.17, 15) is 18.0 Å². The highest BCUT2D eigenvalue weighted by Crippen LogP contribution is 2.15. The Hall–Kier alpha value is -0.740. The van der Waals surface area contributed by atoms with Crippen molar-refractivity contribution in [3.8, 4) is 0 Å². The van der Waals surface area contributed by atoms with E-state index in [2.05, 4.69) is 29.5 Å². The number of nitrogens with one attached hydrogen (secondary N) is 2. The van der Waals surface area contributed by atoms with Crippen LogP contribution in [0.25, 0.3) is 0 Å². The summed E-state index contributed by atoms with van der Waals surface area (Å²) >= 11 is 0. The molecule has 1 amide bonds. The average molecular weight is 466 g/mol. The fourth-order valence-corrected chi connectivity index (χ4v) is 1.83. The molecule has 1 unspecified atom stereocenters. The Morgan fingerprint density at radius 2 is 1.79 bits per heavy atom. The lowest BCUT2D eigenvalue weighted by atomic mass is 10.0. The van der Waals surface area contributed by atoms with Gasteiger partial charge in [0.15, 0.2) is 5.96 Å². The average Bonchev–Trinajstić information content (AvgIpc) is 2.40. The zero-order valence-corrected chi connectivity index (χ0v) is 17.4. The Morgan fingerprint density at radius 3 is 2.25 bits per heavy atom. The van der Waals surface area contributed by atoms with Crippen molar-refractivity contribution in [2.75, 3.05) is 26.7 Å². The molecule has 0 radical (unpaired) electrons. The standard InChI is InChI=1S/C15H29F3N4O.HI/c1-6-19-14(21-12(4)8-7-11(2)3)20-9-13(23)22(5)10-15(16,17)18;/h11-12H,6-10H2,1-5H3,(H2,19,20,21);1H. The van der Waals surface area contributed by atoms with Gasteiger partial charge in [0, 0.05) is 19.6 Å². The molecule has 0 aromatic carbocycles. The normalized spacial score (nSPS) is 13.3. The van der Waals surface area contributed by atoms with Crippen molar-refractivity contribution in [2.45, 2.75) is 52.8 Å². The summed E-state index contributed by atoms with van der Waals surface area (Å²) in [6, 6.07) is 0.165. The first-order valence-corrected chi connectivity index (χ1v) is 7.90. The molecule has 5 nitrogen and oxygen atoms in total. The number of hydrogen-bond acceptors (Lipinski definition) is 2. The molecule has 24 heavy (non-hydrogen) atoms. The van der Waals surface area contributed by atoms with E-state index in [0.29, 0.717) is 23.3 Å². The smallest absolute Gasteiger partial charge is 0.357 e. The van der Waals surface area contributed by atoms with Crippen molar-refractivity contribution in [2.24, 2.45) is 10.9 Å². The molecule has 0 aromatic rings. The van der Waals surface area contributed by atoms with Gasteiger partial charge in [0.1, 0.15) is 13.1 Å². The first-order chi connectivity index (χ1) is 10.5. The largest absolute Gasteiger partial charge is 0.406 e. The van der Waals surface area contributed by atoms with Gasteiger partial charge in [0.25, 0.3) is 0 Å². The van der Waals surface area contributed by atoms with E-state index in [4.69, 9.17) is 0 Å². The molecule has 0 aliphatic carbocycles. The summed E-state index contributed by atoms with van der Waals surface area (Å²) < 4.78 is 36.8. The van der Waals surface area contributed by atoms with Crippen LogP contribution in [0.15, 0.2) is 4.99 Å². The molecular formula is C15H30F3IN4O. The fraction of sp³-hybridized carbons (Fsp3) is 0.867. The second kappa shape index (κ2) is 12.6. The molecular weight excluding hydrogens is 436 g/mol. The molecule has 0 fully saturated rings. The summed E-state index contributed by atoms with van der Waals surface area (Å²) in [4.78, 5) is 16.4.